The van der Waals surface area contributed by atoms with Crippen LogP contribution in [-0.2, 0) is 28.6 Å². The van der Waals surface area contributed by atoms with E-state index in [1.54, 1.807) is 30.4 Å². The molecular weight excluding hydrogens is 640 g/mol. The summed E-state index contributed by atoms with van der Waals surface area (Å²) in [5.74, 6) is 0.380. The van der Waals surface area contributed by atoms with E-state index < -0.39 is 22.2 Å². The molecule has 6 rings (SSSR count). The summed E-state index contributed by atoms with van der Waals surface area (Å²) in [4.78, 5) is 19.9. The average molecular weight is 681 g/mol. The number of nitrogens with one attached hydrogen (secondary N) is 1. The molecule has 1 fully saturated rings. The van der Waals surface area contributed by atoms with Gasteiger partial charge >= 0.3 is 10.2 Å². The number of aromatic nitrogens is 1. The number of ether oxygens (including phenoxy) is 1. The number of aryl methyl sites for hydroxylation is 1. The molecular formula is C35H41ClN4O6S. The van der Waals surface area contributed by atoms with Gasteiger partial charge in [-0.3, -0.25) is 4.79 Å². The topological polar surface area (TPSA) is 125 Å². The van der Waals surface area contributed by atoms with Crippen LogP contribution in [0.5, 0.6) is 5.75 Å². The van der Waals surface area contributed by atoms with Crippen molar-refractivity contribution in [1.29, 1.82) is 0 Å². The average Bonchev–Trinajstić information content (AvgIpc) is 3.51. The quantitative estimate of drug-likeness (QED) is 0.243. The maximum atomic E-state index is 13.6. The molecule has 1 spiro atoms. The van der Waals surface area contributed by atoms with Gasteiger partial charge in [-0.15, -0.1) is 13.2 Å². The molecule has 1 saturated carbocycles. The predicted molar refractivity (Wildman–Crippen MR) is 181 cm³/mol. The Kier molecular flexibility index (Phi) is 9.80. The number of halogens is 1. The van der Waals surface area contributed by atoms with Crippen molar-refractivity contribution in [3.8, 4) is 5.75 Å². The molecule has 2 N–H and O–H groups in total. The van der Waals surface area contributed by atoms with E-state index in [4.69, 9.17) is 20.8 Å². The van der Waals surface area contributed by atoms with Gasteiger partial charge in [-0.2, -0.15) is 12.7 Å². The summed E-state index contributed by atoms with van der Waals surface area (Å²) < 4.78 is 42.0. The van der Waals surface area contributed by atoms with Crippen molar-refractivity contribution in [2.75, 3.05) is 31.1 Å². The fourth-order valence-corrected chi connectivity index (χ4v) is 8.53. The third-order valence-corrected chi connectivity index (χ3v) is 11.5. The van der Waals surface area contributed by atoms with E-state index in [0.717, 1.165) is 42.1 Å². The minimum atomic E-state index is -4.26. The zero-order chi connectivity index (χ0) is 33.2. The number of aliphatic hydroxyl groups excluding tert-OH is 1. The first-order valence-electron chi connectivity index (χ1n) is 16.1. The van der Waals surface area contributed by atoms with Gasteiger partial charge in [0.05, 0.1) is 31.1 Å². The molecule has 250 valence electrons. The molecule has 0 saturated heterocycles. The molecule has 0 bridgehead atoms. The van der Waals surface area contributed by atoms with E-state index in [1.807, 2.05) is 12.1 Å². The molecule has 2 aromatic carbocycles. The van der Waals surface area contributed by atoms with Crippen LogP contribution < -0.4 is 14.4 Å². The molecule has 2 aliphatic carbocycles. The number of oxazole rings is 1. The van der Waals surface area contributed by atoms with Gasteiger partial charge in [0.25, 0.3) is 5.91 Å². The van der Waals surface area contributed by atoms with Crippen LogP contribution >= 0.6 is 11.6 Å². The highest BCUT2D eigenvalue weighted by Crippen LogP contribution is 2.46. The lowest BCUT2D eigenvalue weighted by atomic mass is 9.68. The number of rotatable bonds is 12. The van der Waals surface area contributed by atoms with Crippen LogP contribution in [0.4, 0.5) is 5.69 Å². The normalized spacial score (nSPS) is 22.7. The zero-order valence-corrected chi connectivity index (χ0v) is 27.9. The van der Waals surface area contributed by atoms with Crippen LogP contribution in [0, 0.1) is 11.8 Å². The fourth-order valence-electron chi connectivity index (χ4n) is 7.23. The molecule has 1 amide bonds. The second kappa shape index (κ2) is 13.8. The lowest BCUT2D eigenvalue weighted by molar-refractivity contribution is 0.0460. The standard InChI is InChI=1S/C35H41ClN4O6S/c1-3-5-16-40(21-33-37-15-17-45-33)47(43,44)38-34(42)25-9-13-32-30(19-25)39(20-26-8-11-28(26)31(41)4-2)22-35(23-46-32)14-6-7-24-18-27(36)10-12-29(24)35/h3-4,9-10,12-13,15,17-19,26,28,31,41H,1-2,5-8,11,14,16,20-23H2,(H,38,42)/t26?,28-,31+,35+/m1/s1. The summed E-state index contributed by atoms with van der Waals surface area (Å²) in [6.45, 7) is 9.17. The number of benzene rings is 2. The Morgan fingerprint density at radius 2 is 2.11 bits per heavy atom. The van der Waals surface area contributed by atoms with Crippen molar-refractivity contribution < 1.29 is 27.5 Å². The van der Waals surface area contributed by atoms with E-state index in [9.17, 15) is 18.3 Å². The van der Waals surface area contributed by atoms with Crippen LogP contribution in [0.15, 0.2) is 78.6 Å². The second-order valence-electron chi connectivity index (χ2n) is 12.8. The minimum absolute atomic E-state index is 0.0915. The molecule has 10 nitrogen and oxygen atoms in total. The molecule has 3 aliphatic rings. The van der Waals surface area contributed by atoms with Gasteiger partial charge < -0.3 is 19.2 Å². The number of hydrogen-bond acceptors (Lipinski definition) is 8. The smallest absolute Gasteiger partial charge is 0.304 e. The van der Waals surface area contributed by atoms with Crippen LogP contribution in [0.2, 0.25) is 5.02 Å². The fraction of sp³-hybridized carbons (Fsp3) is 0.429. The summed E-state index contributed by atoms with van der Waals surface area (Å²) >= 11 is 6.40. The van der Waals surface area contributed by atoms with Crippen molar-refractivity contribution in [3.63, 3.8) is 0 Å². The van der Waals surface area contributed by atoms with Gasteiger partial charge in [-0.1, -0.05) is 29.8 Å². The van der Waals surface area contributed by atoms with E-state index in [2.05, 4.69) is 33.8 Å². The predicted octanol–water partition coefficient (Wildman–Crippen LogP) is 5.43. The van der Waals surface area contributed by atoms with Crippen LogP contribution in [0.3, 0.4) is 0 Å². The first kappa shape index (κ1) is 33.3. The summed E-state index contributed by atoms with van der Waals surface area (Å²) in [7, 11) is -4.26. The van der Waals surface area contributed by atoms with Gasteiger partial charge in [0.2, 0.25) is 5.89 Å². The van der Waals surface area contributed by atoms with Crippen LogP contribution in [0.1, 0.15) is 59.5 Å². The Bertz CT molecular complexity index is 1730. The minimum Gasteiger partial charge on any atom is -0.490 e. The lowest BCUT2D eigenvalue weighted by Gasteiger charge is -2.45. The van der Waals surface area contributed by atoms with Gasteiger partial charge in [-0.05, 0) is 91.8 Å². The van der Waals surface area contributed by atoms with Gasteiger partial charge in [0, 0.05) is 35.6 Å². The SMILES string of the molecule is C=CCCN(Cc1ncco1)S(=O)(=O)NC(=O)c1ccc2c(c1)N(CC1CC[C@H]1[C@@H](O)C=C)C[C@@]1(CCCc3cc(Cl)ccc31)CO2. The van der Waals surface area contributed by atoms with Crippen molar-refractivity contribution in [2.24, 2.45) is 11.8 Å². The molecule has 4 atom stereocenters. The van der Waals surface area contributed by atoms with Gasteiger partial charge in [0.1, 0.15) is 12.0 Å². The number of hydrogen-bond donors (Lipinski definition) is 2. The lowest BCUT2D eigenvalue weighted by Crippen LogP contribution is -2.49. The number of carbonyl (C=O) groups is 1. The number of aliphatic hydroxyl groups is 1. The second-order valence-corrected chi connectivity index (χ2v) is 14.9. The van der Waals surface area contributed by atoms with Crippen molar-refractivity contribution in [1.82, 2.24) is 14.0 Å². The summed E-state index contributed by atoms with van der Waals surface area (Å²) in [6.07, 6.45) is 10.5. The van der Waals surface area contributed by atoms with Crippen molar-refractivity contribution >= 4 is 33.4 Å². The Balaban J connectivity index is 1.31. The Morgan fingerprint density at radius 3 is 2.83 bits per heavy atom. The third-order valence-electron chi connectivity index (χ3n) is 9.85. The zero-order valence-electron chi connectivity index (χ0n) is 26.3. The molecule has 3 aromatic rings. The molecule has 12 heteroatoms. The highest BCUT2D eigenvalue weighted by atomic mass is 35.5. The van der Waals surface area contributed by atoms with Gasteiger partial charge in [0.15, 0.2) is 0 Å². The van der Waals surface area contributed by atoms with Crippen LogP contribution in [-0.4, -0.2) is 61.1 Å². The Labute approximate surface area is 281 Å². The molecule has 1 unspecified atom stereocenters. The number of nitrogens with zero attached hydrogens (tertiary/aromatic N) is 3. The number of amides is 1. The molecule has 0 radical (unpaired) electrons. The Morgan fingerprint density at radius 1 is 1.26 bits per heavy atom. The van der Waals surface area contributed by atoms with E-state index in [-0.39, 0.29) is 41.8 Å². The Hall–Kier alpha value is -3.64. The van der Waals surface area contributed by atoms with E-state index >= 15 is 0 Å². The number of anilines is 1. The maximum absolute atomic E-state index is 13.6. The number of fused-ring (bicyclic) bond motifs is 3. The first-order valence-corrected chi connectivity index (χ1v) is 17.9. The molecule has 1 aliphatic heterocycles. The maximum Gasteiger partial charge on any atom is 0.304 e. The van der Waals surface area contributed by atoms with Crippen LogP contribution in [0.25, 0.3) is 0 Å². The third kappa shape index (κ3) is 6.99. The molecule has 1 aromatic heterocycles. The van der Waals surface area contributed by atoms with Crippen molar-refractivity contribution in [3.05, 3.63) is 102 Å². The van der Waals surface area contributed by atoms with Gasteiger partial charge in [-0.25, -0.2) is 9.71 Å². The summed E-state index contributed by atoms with van der Waals surface area (Å²) in [6, 6.07) is 11.1. The summed E-state index contributed by atoms with van der Waals surface area (Å²) in [5.41, 5.74) is 3.03. The highest BCUT2D eigenvalue weighted by Gasteiger charge is 2.44. The molecule has 2 heterocycles. The number of carbonyl (C=O) groups excluding carboxylic acids is 1. The van der Waals surface area contributed by atoms with E-state index in [1.165, 1.54) is 23.6 Å². The summed E-state index contributed by atoms with van der Waals surface area (Å²) in [5, 5.41) is 11.3. The van der Waals surface area contributed by atoms with E-state index in [0.29, 0.717) is 36.9 Å². The molecule has 47 heavy (non-hydrogen) atoms. The van der Waals surface area contributed by atoms with Crippen molar-refractivity contribution in [2.45, 2.75) is 56.6 Å². The monoisotopic (exact) mass is 680 g/mol. The highest BCUT2D eigenvalue weighted by molar-refractivity contribution is 7.87. The first-order chi connectivity index (χ1) is 22.6. The largest absolute Gasteiger partial charge is 0.490 e.